The summed E-state index contributed by atoms with van der Waals surface area (Å²) in [4.78, 5) is 24.0. The molecule has 2 heterocycles. The Kier molecular flexibility index (Phi) is 5.91. The van der Waals surface area contributed by atoms with Crippen molar-refractivity contribution in [3.8, 4) is 11.5 Å². The molecule has 1 aromatic heterocycles. The maximum atomic E-state index is 12.1. The number of hydrogen-bond acceptors (Lipinski definition) is 6. The number of rotatable bonds is 7. The average molecular weight is 399 g/mol. The zero-order chi connectivity index (χ0) is 21.1. The van der Waals surface area contributed by atoms with Gasteiger partial charge in [-0.05, 0) is 32.3 Å². The molecule has 0 saturated carbocycles. The second-order valence-corrected chi connectivity index (χ2v) is 7.12. The van der Waals surface area contributed by atoms with E-state index in [1.54, 1.807) is 24.1 Å². The normalized spacial score (nSPS) is 13.2. The van der Waals surface area contributed by atoms with Crippen LogP contribution in [-0.2, 0) is 29.6 Å². The van der Waals surface area contributed by atoms with Crippen LogP contribution < -0.4 is 10.1 Å². The number of aromatic hydroxyl groups is 1. The minimum Gasteiger partial charge on any atom is -0.507 e. The molecule has 0 aliphatic carbocycles. The highest BCUT2D eigenvalue weighted by atomic mass is 16.5. The minimum atomic E-state index is -0.516. The summed E-state index contributed by atoms with van der Waals surface area (Å²) in [5, 5.41) is 17.4. The van der Waals surface area contributed by atoms with Gasteiger partial charge in [0, 0.05) is 30.8 Å². The number of ether oxygens (including phenoxy) is 2. The van der Waals surface area contributed by atoms with Crippen LogP contribution in [0, 0.1) is 6.92 Å². The maximum absolute atomic E-state index is 12.1. The number of benzene rings is 1. The van der Waals surface area contributed by atoms with Crippen molar-refractivity contribution < 1.29 is 24.2 Å². The summed E-state index contributed by atoms with van der Waals surface area (Å²) in [7, 11) is 3.32. The Labute approximate surface area is 169 Å². The smallest absolute Gasteiger partial charge is 0.342 e. The van der Waals surface area contributed by atoms with Gasteiger partial charge in [0.15, 0.2) is 0 Å². The third-order valence-corrected chi connectivity index (χ3v) is 5.04. The fraction of sp³-hybridized carbons (Fsp3) is 0.381. The van der Waals surface area contributed by atoms with Crippen LogP contribution in [0.25, 0.3) is 0 Å². The molecule has 0 radical (unpaired) electrons. The molecule has 1 aromatic carbocycles. The maximum Gasteiger partial charge on any atom is 0.342 e. The van der Waals surface area contributed by atoms with E-state index >= 15 is 0 Å². The summed E-state index contributed by atoms with van der Waals surface area (Å²) in [6.07, 6.45) is 6.54. The summed E-state index contributed by atoms with van der Waals surface area (Å²) >= 11 is 0. The molecule has 0 unspecified atom stereocenters. The van der Waals surface area contributed by atoms with Crippen LogP contribution in [0.1, 0.15) is 46.8 Å². The van der Waals surface area contributed by atoms with E-state index in [2.05, 4.69) is 10.4 Å². The summed E-state index contributed by atoms with van der Waals surface area (Å²) < 4.78 is 12.2. The van der Waals surface area contributed by atoms with Gasteiger partial charge in [0.2, 0.25) is 5.91 Å². The second-order valence-electron chi connectivity index (χ2n) is 7.12. The number of allylic oxidation sites excluding steroid dienone is 2. The highest BCUT2D eigenvalue weighted by Crippen LogP contribution is 2.42. The summed E-state index contributed by atoms with van der Waals surface area (Å²) in [5.74, 6) is -0.152. The largest absolute Gasteiger partial charge is 0.507 e. The highest BCUT2D eigenvalue weighted by molar-refractivity contribution is 5.98. The first kappa shape index (κ1) is 20.4. The van der Waals surface area contributed by atoms with Crippen LogP contribution in [0.3, 0.4) is 0 Å². The zero-order valence-corrected chi connectivity index (χ0v) is 17.0. The highest BCUT2D eigenvalue weighted by Gasteiger charge is 2.31. The molecule has 1 aliphatic heterocycles. The summed E-state index contributed by atoms with van der Waals surface area (Å²) in [6.45, 7) is 3.92. The monoisotopic (exact) mass is 399 g/mol. The van der Waals surface area contributed by atoms with Crippen LogP contribution in [-0.4, -0.2) is 33.9 Å². The van der Waals surface area contributed by atoms with Crippen LogP contribution in [0.2, 0.25) is 0 Å². The number of fused-ring (bicyclic) bond motifs is 1. The van der Waals surface area contributed by atoms with Crippen LogP contribution in [0.5, 0.6) is 11.5 Å². The van der Waals surface area contributed by atoms with Gasteiger partial charge in [-0.1, -0.05) is 11.6 Å². The van der Waals surface area contributed by atoms with E-state index in [9.17, 15) is 14.7 Å². The number of aromatic nitrogens is 2. The zero-order valence-electron chi connectivity index (χ0n) is 17.0. The van der Waals surface area contributed by atoms with E-state index in [4.69, 9.17) is 9.47 Å². The number of carbonyl (C=O) groups is 2. The van der Waals surface area contributed by atoms with Gasteiger partial charge in [0.1, 0.15) is 23.7 Å². The molecule has 1 amide bonds. The molecule has 0 bridgehead atoms. The molecule has 8 nitrogen and oxygen atoms in total. The Balaban J connectivity index is 1.69. The first-order chi connectivity index (χ1) is 13.8. The third kappa shape index (κ3) is 4.26. The molecule has 2 N–H and O–H groups in total. The molecule has 0 spiro atoms. The number of anilines is 1. The lowest BCUT2D eigenvalue weighted by molar-refractivity contribution is -0.116. The number of hydrogen-bond donors (Lipinski definition) is 2. The van der Waals surface area contributed by atoms with E-state index in [1.807, 2.05) is 19.9 Å². The number of esters is 1. The number of cyclic esters (lactones) is 1. The number of amides is 1. The molecule has 154 valence electrons. The first-order valence-electron chi connectivity index (χ1n) is 9.34. The number of aryl methyl sites for hydroxylation is 1. The van der Waals surface area contributed by atoms with Crippen molar-refractivity contribution in [1.29, 1.82) is 0 Å². The number of phenolic OH excluding ortho intramolecular Hbond substituents is 1. The number of phenols is 1. The average Bonchev–Trinajstić information content (AvgIpc) is 3.27. The van der Waals surface area contributed by atoms with Crippen molar-refractivity contribution in [2.75, 3.05) is 12.4 Å². The lowest BCUT2D eigenvalue weighted by Gasteiger charge is -2.15. The van der Waals surface area contributed by atoms with Gasteiger partial charge in [0.05, 0.1) is 19.0 Å². The van der Waals surface area contributed by atoms with E-state index in [0.717, 1.165) is 11.1 Å². The van der Waals surface area contributed by atoms with Crippen molar-refractivity contribution in [2.24, 2.45) is 7.05 Å². The van der Waals surface area contributed by atoms with Gasteiger partial charge in [-0.2, -0.15) is 5.10 Å². The van der Waals surface area contributed by atoms with Crippen LogP contribution >= 0.6 is 0 Å². The SMILES string of the molecule is COc1c(C)c2c(c(O)c1CC=C(C)CCC(=O)Nc1cnn(C)c1)C(=O)OC2. The van der Waals surface area contributed by atoms with Crippen molar-refractivity contribution in [1.82, 2.24) is 9.78 Å². The number of nitrogens with zero attached hydrogens (tertiary/aromatic N) is 2. The van der Waals surface area contributed by atoms with E-state index < -0.39 is 5.97 Å². The van der Waals surface area contributed by atoms with E-state index in [-0.39, 0.29) is 23.8 Å². The fourth-order valence-electron chi connectivity index (χ4n) is 3.43. The molecule has 1 aliphatic rings. The number of carbonyl (C=O) groups excluding carboxylic acids is 2. The molecule has 3 rings (SSSR count). The van der Waals surface area contributed by atoms with Crippen LogP contribution in [0.15, 0.2) is 24.0 Å². The Hall–Kier alpha value is -3.29. The predicted molar refractivity (Wildman–Crippen MR) is 107 cm³/mol. The second kappa shape index (κ2) is 8.38. The first-order valence-corrected chi connectivity index (χ1v) is 9.34. The molecule has 0 fully saturated rings. The van der Waals surface area contributed by atoms with Gasteiger partial charge in [0.25, 0.3) is 0 Å². The molecule has 2 aromatic rings. The van der Waals surface area contributed by atoms with Crippen molar-refractivity contribution in [2.45, 2.75) is 39.7 Å². The van der Waals surface area contributed by atoms with Crippen molar-refractivity contribution >= 4 is 17.6 Å². The third-order valence-electron chi connectivity index (χ3n) is 5.04. The van der Waals surface area contributed by atoms with Gasteiger partial charge in [-0.25, -0.2) is 4.79 Å². The Morgan fingerprint density at radius 1 is 1.45 bits per heavy atom. The lowest BCUT2D eigenvalue weighted by atomic mass is 9.94. The van der Waals surface area contributed by atoms with E-state index in [1.165, 1.54) is 7.11 Å². The molecular formula is C21H25N3O5. The standard InChI is InChI=1S/C21H25N3O5/c1-12(6-8-17(25)23-14-9-22-24(3)10-14)5-7-15-19(26)18-16(11-29-21(18)27)13(2)20(15)28-4/h5,9-10,26H,6-8,11H2,1-4H3,(H,23,25). The molecule has 0 saturated heterocycles. The molecule has 8 heteroatoms. The van der Waals surface area contributed by atoms with Gasteiger partial charge in [-0.3, -0.25) is 9.48 Å². The Morgan fingerprint density at radius 2 is 2.21 bits per heavy atom. The number of methoxy groups -OCH3 is 1. The topological polar surface area (TPSA) is 103 Å². The van der Waals surface area contributed by atoms with Gasteiger partial charge >= 0.3 is 5.97 Å². The summed E-state index contributed by atoms with van der Waals surface area (Å²) in [5.41, 5.74) is 3.88. The van der Waals surface area contributed by atoms with Crippen LogP contribution in [0.4, 0.5) is 5.69 Å². The van der Waals surface area contributed by atoms with Gasteiger partial charge in [-0.15, -0.1) is 0 Å². The van der Waals surface area contributed by atoms with Crippen molar-refractivity contribution in [3.05, 3.63) is 46.3 Å². The Morgan fingerprint density at radius 3 is 2.86 bits per heavy atom. The molecule has 29 heavy (non-hydrogen) atoms. The summed E-state index contributed by atoms with van der Waals surface area (Å²) in [6, 6.07) is 0. The van der Waals surface area contributed by atoms with Gasteiger partial charge < -0.3 is 19.9 Å². The molecular weight excluding hydrogens is 374 g/mol. The predicted octanol–water partition coefficient (Wildman–Crippen LogP) is 3.02. The van der Waals surface area contributed by atoms with E-state index in [0.29, 0.717) is 41.8 Å². The minimum absolute atomic E-state index is 0.0941. The molecule has 0 atom stereocenters. The lowest BCUT2D eigenvalue weighted by Crippen LogP contribution is -2.10. The number of nitrogens with one attached hydrogen (secondary N) is 1. The Bertz CT molecular complexity index is 991. The fourth-order valence-corrected chi connectivity index (χ4v) is 3.43. The van der Waals surface area contributed by atoms with Crippen molar-refractivity contribution in [3.63, 3.8) is 0 Å². The quantitative estimate of drug-likeness (QED) is 0.548.